The molecule has 2 amide bonds. The van der Waals surface area contributed by atoms with E-state index in [0.717, 1.165) is 27.9 Å². The first-order chi connectivity index (χ1) is 18.6. The highest BCUT2D eigenvalue weighted by Crippen LogP contribution is 2.36. The second kappa shape index (κ2) is 11.8. The van der Waals surface area contributed by atoms with Gasteiger partial charge in [-0.1, -0.05) is 18.2 Å². The predicted octanol–water partition coefficient (Wildman–Crippen LogP) is 3.76. The molecule has 38 heavy (non-hydrogen) atoms. The molecule has 0 radical (unpaired) electrons. The van der Waals surface area contributed by atoms with Gasteiger partial charge in [-0.2, -0.15) is 0 Å². The minimum absolute atomic E-state index is 0.0548. The van der Waals surface area contributed by atoms with Gasteiger partial charge in [-0.05, 0) is 48.2 Å². The smallest absolute Gasteiger partial charge is 0.266 e. The van der Waals surface area contributed by atoms with E-state index < -0.39 is 0 Å². The van der Waals surface area contributed by atoms with Crippen molar-refractivity contribution in [2.75, 3.05) is 53.7 Å². The van der Waals surface area contributed by atoms with E-state index in [0.29, 0.717) is 49.5 Å². The lowest BCUT2D eigenvalue weighted by atomic mass is 10.1. The number of nitrogens with zero attached hydrogens (tertiary/aromatic N) is 4. The number of amidine groups is 1. The third-order valence-electron chi connectivity index (χ3n) is 6.48. The van der Waals surface area contributed by atoms with Gasteiger partial charge in [0.15, 0.2) is 5.17 Å². The van der Waals surface area contributed by atoms with Crippen molar-refractivity contribution >= 4 is 51.4 Å². The number of amides is 2. The molecule has 5 rings (SSSR count). The van der Waals surface area contributed by atoms with E-state index in [4.69, 9.17) is 19.2 Å². The van der Waals surface area contributed by atoms with Crippen molar-refractivity contribution in [1.82, 2.24) is 14.4 Å². The Morgan fingerprint density at radius 2 is 1.87 bits per heavy atom. The van der Waals surface area contributed by atoms with Gasteiger partial charge < -0.3 is 23.7 Å². The summed E-state index contributed by atoms with van der Waals surface area (Å²) in [4.78, 5) is 35.2. The molecule has 10 heteroatoms. The number of aromatic nitrogens is 1. The average molecular weight is 535 g/mol. The zero-order chi connectivity index (χ0) is 26.5. The number of hydrogen-bond donors (Lipinski definition) is 0. The molecule has 0 N–H and O–H groups in total. The summed E-state index contributed by atoms with van der Waals surface area (Å²) in [5, 5.41) is 1.57. The third-order valence-corrected chi connectivity index (χ3v) is 7.49. The molecular weight excluding hydrogens is 504 g/mol. The van der Waals surface area contributed by atoms with Gasteiger partial charge in [0.25, 0.3) is 5.91 Å². The lowest BCUT2D eigenvalue weighted by molar-refractivity contribution is -0.135. The topological polar surface area (TPSA) is 85.6 Å². The lowest BCUT2D eigenvalue weighted by Gasteiger charge is -2.27. The molecule has 0 saturated carbocycles. The Labute approximate surface area is 225 Å². The van der Waals surface area contributed by atoms with Gasteiger partial charge in [0.1, 0.15) is 12.3 Å². The molecular formula is C28H30N4O5S. The quantitative estimate of drug-likeness (QED) is 0.409. The third kappa shape index (κ3) is 5.62. The van der Waals surface area contributed by atoms with Crippen LogP contribution in [0.5, 0.6) is 5.75 Å². The number of thioether (sulfide) groups is 1. The number of methoxy groups -OCH3 is 2. The number of benzene rings is 2. The van der Waals surface area contributed by atoms with Crippen molar-refractivity contribution < 1.29 is 23.8 Å². The van der Waals surface area contributed by atoms with Crippen LogP contribution in [0.3, 0.4) is 0 Å². The molecule has 9 nitrogen and oxygen atoms in total. The highest BCUT2D eigenvalue weighted by Gasteiger charge is 2.33. The maximum absolute atomic E-state index is 13.4. The van der Waals surface area contributed by atoms with E-state index in [1.807, 2.05) is 70.3 Å². The maximum atomic E-state index is 13.4. The summed E-state index contributed by atoms with van der Waals surface area (Å²) < 4.78 is 17.8. The molecule has 0 bridgehead atoms. The largest absolute Gasteiger partial charge is 0.497 e. The highest BCUT2D eigenvalue weighted by molar-refractivity contribution is 8.18. The van der Waals surface area contributed by atoms with E-state index in [1.165, 1.54) is 11.8 Å². The standard InChI is InChI=1S/C28H30N4O5S/c1-35-14-13-32-27(34)25(38-28(32)29-21-7-9-22(36-2)10-8-21)17-20-18-31(24-6-4-3-5-23(20)24)19-26(33)30-11-15-37-16-12-30/h3-10,17-18H,11-16,19H2,1-2H3/b25-17-,29-28?. The van der Waals surface area contributed by atoms with Crippen LogP contribution in [0.4, 0.5) is 5.69 Å². The number of rotatable bonds is 8. The maximum Gasteiger partial charge on any atom is 0.266 e. The number of fused-ring (bicyclic) bond motifs is 1. The predicted molar refractivity (Wildman–Crippen MR) is 149 cm³/mol. The van der Waals surface area contributed by atoms with Crippen molar-refractivity contribution in [3.05, 3.63) is 65.2 Å². The summed E-state index contributed by atoms with van der Waals surface area (Å²) >= 11 is 1.33. The first-order valence-corrected chi connectivity index (χ1v) is 13.3. The minimum atomic E-state index is -0.125. The Morgan fingerprint density at radius 3 is 2.61 bits per heavy atom. The van der Waals surface area contributed by atoms with Gasteiger partial charge in [0.05, 0.1) is 44.1 Å². The van der Waals surface area contributed by atoms with Crippen LogP contribution in [0.1, 0.15) is 5.56 Å². The van der Waals surface area contributed by atoms with Crippen LogP contribution in [0, 0.1) is 0 Å². The fraction of sp³-hybridized carbons (Fsp3) is 0.321. The first-order valence-electron chi connectivity index (χ1n) is 12.4. The fourth-order valence-corrected chi connectivity index (χ4v) is 5.47. The van der Waals surface area contributed by atoms with Crippen LogP contribution in [0.2, 0.25) is 0 Å². The molecule has 1 aromatic heterocycles. The van der Waals surface area contributed by atoms with Crippen LogP contribution in [0.25, 0.3) is 17.0 Å². The van der Waals surface area contributed by atoms with Gasteiger partial charge in [-0.25, -0.2) is 4.99 Å². The van der Waals surface area contributed by atoms with Crippen molar-refractivity contribution in [1.29, 1.82) is 0 Å². The van der Waals surface area contributed by atoms with Crippen molar-refractivity contribution in [3.8, 4) is 5.75 Å². The number of para-hydroxylation sites is 1. The van der Waals surface area contributed by atoms with E-state index in [1.54, 1.807) is 19.1 Å². The molecule has 2 aromatic carbocycles. The molecule has 2 saturated heterocycles. The number of morpholine rings is 1. The molecule has 2 aliphatic rings. The number of aliphatic imine (C=N–C) groups is 1. The molecule has 0 unspecified atom stereocenters. The Bertz CT molecular complexity index is 1380. The SMILES string of the molecule is COCCN1C(=O)/C(=C/c2cn(CC(=O)N3CCOCC3)c3ccccc23)SC1=Nc1ccc(OC)cc1. The molecule has 2 fully saturated rings. The van der Waals surface area contributed by atoms with Crippen LogP contribution in [-0.2, 0) is 25.6 Å². The lowest BCUT2D eigenvalue weighted by Crippen LogP contribution is -2.42. The molecule has 0 spiro atoms. The Hall–Kier alpha value is -3.60. The second-order valence-electron chi connectivity index (χ2n) is 8.88. The highest BCUT2D eigenvalue weighted by atomic mass is 32.2. The Balaban J connectivity index is 1.45. The van der Waals surface area contributed by atoms with Gasteiger partial charge in [-0.15, -0.1) is 0 Å². The molecule has 3 aromatic rings. The number of hydrogen-bond acceptors (Lipinski definition) is 7. The van der Waals surface area contributed by atoms with Crippen molar-refractivity contribution in [3.63, 3.8) is 0 Å². The van der Waals surface area contributed by atoms with Crippen molar-refractivity contribution in [2.45, 2.75) is 6.54 Å². The summed E-state index contributed by atoms with van der Waals surface area (Å²) in [6.45, 7) is 3.36. The van der Waals surface area contributed by atoms with Gasteiger partial charge in [-0.3, -0.25) is 14.5 Å². The number of ether oxygens (including phenoxy) is 3. The van der Waals surface area contributed by atoms with Crippen LogP contribution in [0.15, 0.2) is 64.6 Å². The normalized spacial score (nSPS) is 18.2. The van der Waals surface area contributed by atoms with Crippen LogP contribution >= 0.6 is 11.8 Å². The van der Waals surface area contributed by atoms with Crippen LogP contribution < -0.4 is 4.74 Å². The summed E-state index contributed by atoms with van der Waals surface area (Å²) in [5.74, 6) is 0.671. The number of carbonyl (C=O) groups excluding carboxylic acids is 2. The first kappa shape index (κ1) is 26.0. The Morgan fingerprint density at radius 1 is 1.11 bits per heavy atom. The molecule has 198 valence electrons. The van der Waals surface area contributed by atoms with E-state index in [-0.39, 0.29) is 18.4 Å². The molecule has 2 aliphatic heterocycles. The zero-order valence-electron chi connectivity index (χ0n) is 21.5. The molecule has 3 heterocycles. The summed E-state index contributed by atoms with van der Waals surface area (Å²) in [7, 11) is 3.23. The van der Waals surface area contributed by atoms with Gasteiger partial charge in [0, 0.05) is 42.9 Å². The monoisotopic (exact) mass is 534 g/mol. The van der Waals surface area contributed by atoms with E-state index >= 15 is 0 Å². The van der Waals surface area contributed by atoms with Crippen molar-refractivity contribution in [2.24, 2.45) is 4.99 Å². The van der Waals surface area contributed by atoms with Crippen LogP contribution in [-0.4, -0.2) is 85.0 Å². The van der Waals surface area contributed by atoms with E-state index in [9.17, 15) is 9.59 Å². The number of carbonyl (C=O) groups is 2. The fourth-order valence-electron chi connectivity index (χ4n) is 4.46. The Kier molecular flexibility index (Phi) is 8.11. The summed E-state index contributed by atoms with van der Waals surface area (Å²) in [5.41, 5.74) is 2.55. The second-order valence-corrected chi connectivity index (χ2v) is 9.88. The summed E-state index contributed by atoms with van der Waals surface area (Å²) in [6.07, 6.45) is 3.84. The van der Waals surface area contributed by atoms with E-state index in [2.05, 4.69) is 0 Å². The average Bonchev–Trinajstić information content (AvgIpc) is 3.44. The molecule has 0 aliphatic carbocycles. The zero-order valence-corrected chi connectivity index (χ0v) is 22.3. The van der Waals surface area contributed by atoms with Gasteiger partial charge >= 0.3 is 0 Å². The minimum Gasteiger partial charge on any atom is -0.497 e. The molecule has 0 atom stereocenters. The van der Waals surface area contributed by atoms with Gasteiger partial charge in [0.2, 0.25) is 5.91 Å². The summed E-state index contributed by atoms with van der Waals surface area (Å²) in [6, 6.07) is 15.3.